The number of ether oxygens (including phenoxy) is 2. The van der Waals surface area contributed by atoms with Gasteiger partial charge in [-0.15, -0.1) is 0 Å². The lowest BCUT2D eigenvalue weighted by Gasteiger charge is -2.27. The first kappa shape index (κ1) is 36.6. The minimum atomic E-state index is 0.480. The Balaban J connectivity index is 1.12. The fourth-order valence-electron chi connectivity index (χ4n) is 6.58. The quantitative estimate of drug-likeness (QED) is 0.117. The zero-order valence-electron chi connectivity index (χ0n) is 31.1. The van der Waals surface area contributed by atoms with Crippen LogP contribution in [0, 0.1) is 22.7 Å². The maximum Gasteiger partial charge on any atom is 0.142 e. The van der Waals surface area contributed by atoms with E-state index in [9.17, 15) is 10.5 Å². The molecule has 56 heavy (non-hydrogen) atoms. The Morgan fingerprint density at radius 1 is 0.411 bits per heavy atom. The van der Waals surface area contributed by atoms with E-state index in [0.717, 1.165) is 56.8 Å². The summed E-state index contributed by atoms with van der Waals surface area (Å²) >= 11 is 0. The van der Waals surface area contributed by atoms with E-state index in [2.05, 4.69) is 70.5 Å². The first-order valence-corrected chi connectivity index (χ1v) is 18.1. The molecule has 0 spiro atoms. The fourth-order valence-corrected chi connectivity index (χ4v) is 6.58. The van der Waals surface area contributed by atoms with Crippen molar-refractivity contribution in [2.24, 2.45) is 0 Å². The van der Waals surface area contributed by atoms with Crippen LogP contribution >= 0.6 is 0 Å². The molecule has 0 saturated carbocycles. The van der Waals surface area contributed by atoms with E-state index in [1.807, 2.05) is 133 Å². The molecule has 0 unspecified atom stereocenters. The first-order chi connectivity index (χ1) is 27.6. The van der Waals surface area contributed by atoms with Crippen LogP contribution in [-0.4, -0.2) is 14.2 Å². The van der Waals surface area contributed by atoms with E-state index in [1.54, 1.807) is 26.4 Å². The third kappa shape index (κ3) is 8.06. The monoisotopic (exact) mass is 726 g/mol. The molecule has 6 heteroatoms. The molecular weight excluding hydrogens is 689 g/mol. The van der Waals surface area contributed by atoms with Crippen LogP contribution in [0.2, 0.25) is 0 Å². The zero-order valence-corrected chi connectivity index (χ0v) is 31.1. The number of para-hydroxylation sites is 6. The summed E-state index contributed by atoms with van der Waals surface area (Å²) in [6.07, 6.45) is 7.68. The Bertz CT molecular complexity index is 2390. The molecule has 0 fully saturated rings. The molecule has 0 N–H and O–H groups in total. The molecule has 0 amide bonds. The summed E-state index contributed by atoms with van der Waals surface area (Å²) < 4.78 is 11.4. The number of benzene rings is 7. The van der Waals surface area contributed by atoms with Gasteiger partial charge in [0.2, 0.25) is 0 Å². The van der Waals surface area contributed by atoms with Gasteiger partial charge in [0, 0.05) is 22.7 Å². The average molecular weight is 727 g/mol. The van der Waals surface area contributed by atoms with Crippen LogP contribution in [0.15, 0.2) is 170 Å². The molecule has 270 valence electrons. The van der Waals surface area contributed by atoms with Crippen molar-refractivity contribution < 1.29 is 9.47 Å². The third-order valence-corrected chi connectivity index (χ3v) is 9.36. The predicted molar refractivity (Wildman–Crippen MR) is 229 cm³/mol. The minimum absolute atomic E-state index is 0.480. The third-order valence-electron chi connectivity index (χ3n) is 9.36. The lowest BCUT2D eigenvalue weighted by molar-refractivity contribution is 0.416. The first-order valence-electron chi connectivity index (χ1n) is 18.1. The van der Waals surface area contributed by atoms with Crippen molar-refractivity contribution in [2.75, 3.05) is 24.0 Å². The Labute approximate surface area is 328 Å². The van der Waals surface area contributed by atoms with Crippen molar-refractivity contribution in [3.63, 3.8) is 0 Å². The topological polar surface area (TPSA) is 72.5 Å². The standard InChI is InChI=1S/C50H38N4O2/c1-55-49-19-11-9-17-47(49)53(43-13-5-3-6-14-43)45-29-23-37(24-30-45)21-27-39-33-42(36-52)40(34-41(39)35-51)28-22-38-25-31-46(32-26-38)54(44-15-7-4-8-16-44)48-18-10-12-20-50(48)56-2/h3-34H,1-2H3/b27-21+,28-22+. The smallest absolute Gasteiger partial charge is 0.142 e. The molecule has 0 aromatic heterocycles. The number of anilines is 6. The average Bonchev–Trinajstić information content (AvgIpc) is 3.27. The van der Waals surface area contributed by atoms with Gasteiger partial charge >= 0.3 is 0 Å². The van der Waals surface area contributed by atoms with Crippen LogP contribution < -0.4 is 19.3 Å². The Hall–Kier alpha value is -7.80. The highest BCUT2D eigenvalue weighted by molar-refractivity contribution is 5.84. The number of hydrogen-bond donors (Lipinski definition) is 0. The normalized spacial score (nSPS) is 10.9. The molecule has 0 atom stereocenters. The molecule has 0 saturated heterocycles. The summed E-state index contributed by atoms with van der Waals surface area (Å²) in [5, 5.41) is 20.3. The number of rotatable bonds is 12. The lowest BCUT2D eigenvalue weighted by Crippen LogP contribution is -2.11. The van der Waals surface area contributed by atoms with E-state index < -0.39 is 0 Å². The van der Waals surface area contributed by atoms with E-state index >= 15 is 0 Å². The van der Waals surface area contributed by atoms with Crippen LogP contribution in [0.5, 0.6) is 11.5 Å². The van der Waals surface area contributed by atoms with Gasteiger partial charge in [-0.25, -0.2) is 0 Å². The highest BCUT2D eigenvalue weighted by Crippen LogP contribution is 2.41. The summed E-state index contributed by atoms with van der Waals surface area (Å²) in [5.41, 5.74) is 10.0. The van der Waals surface area contributed by atoms with Crippen molar-refractivity contribution >= 4 is 58.4 Å². The molecule has 0 radical (unpaired) electrons. The molecule has 7 aromatic rings. The summed E-state index contributed by atoms with van der Waals surface area (Å²) in [6.45, 7) is 0. The molecule has 0 bridgehead atoms. The molecular formula is C50H38N4O2. The molecule has 7 rings (SSSR count). The van der Waals surface area contributed by atoms with Crippen molar-refractivity contribution in [1.82, 2.24) is 0 Å². The summed E-state index contributed by atoms with van der Waals surface area (Å²) in [7, 11) is 3.35. The molecule has 6 nitrogen and oxygen atoms in total. The minimum Gasteiger partial charge on any atom is -0.495 e. The van der Waals surface area contributed by atoms with Gasteiger partial charge in [0.15, 0.2) is 0 Å². The van der Waals surface area contributed by atoms with Crippen LogP contribution in [-0.2, 0) is 0 Å². The van der Waals surface area contributed by atoms with Crippen LogP contribution in [0.4, 0.5) is 34.1 Å². The zero-order chi connectivity index (χ0) is 38.7. The molecule has 0 heterocycles. The number of hydrogen-bond acceptors (Lipinski definition) is 6. The second-order valence-corrected chi connectivity index (χ2v) is 12.8. The van der Waals surface area contributed by atoms with Gasteiger partial charge in [-0.05, 0) is 107 Å². The summed E-state index contributed by atoms with van der Waals surface area (Å²) in [6, 6.07) is 60.8. The molecule has 7 aromatic carbocycles. The number of nitrogens with zero attached hydrogens (tertiary/aromatic N) is 4. The maximum absolute atomic E-state index is 10.1. The van der Waals surface area contributed by atoms with Gasteiger partial charge in [0.1, 0.15) is 11.5 Å². The molecule has 0 aliphatic carbocycles. The van der Waals surface area contributed by atoms with Crippen LogP contribution in [0.3, 0.4) is 0 Å². The highest BCUT2D eigenvalue weighted by atomic mass is 16.5. The van der Waals surface area contributed by atoms with Gasteiger partial charge < -0.3 is 19.3 Å². The number of nitriles is 2. The van der Waals surface area contributed by atoms with Crippen molar-refractivity contribution in [3.8, 4) is 23.6 Å². The second kappa shape index (κ2) is 17.4. The predicted octanol–water partition coefficient (Wildman–Crippen LogP) is 12.7. The number of methoxy groups -OCH3 is 2. The van der Waals surface area contributed by atoms with E-state index in [-0.39, 0.29) is 0 Å². The van der Waals surface area contributed by atoms with Gasteiger partial charge in [-0.1, -0.05) is 109 Å². The Kier molecular flexibility index (Phi) is 11.3. The van der Waals surface area contributed by atoms with Crippen molar-refractivity contribution in [2.45, 2.75) is 0 Å². The largest absolute Gasteiger partial charge is 0.495 e. The van der Waals surface area contributed by atoms with Crippen LogP contribution in [0.1, 0.15) is 33.4 Å². The summed E-state index contributed by atoms with van der Waals surface area (Å²) in [4.78, 5) is 4.31. The molecule has 0 aliphatic rings. The fraction of sp³-hybridized carbons (Fsp3) is 0.0400. The van der Waals surface area contributed by atoms with Gasteiger partial charge in [0.05, 0.1) is 48.9 Å². The SMILES string of the molecule is COc1ccccc1N(c1ccccc1)c1ccc(/C=C/c2cc(C#N)c(/C=C/c3ccc(N(c4ccccc4)c4ccccc4OC)cc3)cc2C#N)cc1. The Morgan fingerprint density at radius 3 is 1.11 bits per heavy atom. The Morgan fingerprint density at radius 2 is 0.750 bits per heavy atom. The lowest BCUT2D eigenvalue weighted by atomic mass is 9.97. The molecule has 0 aliphatic heterocycles. The van der Waals surface area contributed by atoms with Gasteiger partial charge in [-0.3, -0.25) is 0 Å². The van der Waals surface area contributed by atoms with Crippen LogP contribution in [0.25, 0.3) is 24.3 Å². The van der Waals surface area contributed by atoms with E-state index in [0.29, 0.717) is 22.3 Å². The van der Waals surface area contributed by atoms with Crippen molar-refractivity contribution in [1.29, 1.82) is 10.5 Å². The second-order valence-electron chi connectivity index (χ2n) is 12.8. The van der Waals surface area contributed by atoms with Gasteiger partial charge in [-0.2, -0.15) is 10.5 Å². The van der Waals surface area contributed by atoms with Gasteiger partial charge in [0.25, 0.3) is 0 Å². The summed E-state index contributed by atoms with van der Waals surface area (Å²) in [5.74, 6) is 1.54. The van der Waals surface area contributed by atoms with E-state index in [4.69, 9.17) is 9.47 Å². The van der Waals surface area contributed by atoms with E-state index in [1.165, 1.54) is 0 Å². The van der Waals surface area contributed by atoms with Crippen molar-refractivity contribution in [3.05, 3.63) is 203 Å². The highest BCUT2D eigenvalue weighted by Gasteiger charge is 2.17. The maximum atomic E-state index is 10.1.